The summed E-state index contributed by atoms with van der Waals surface area (Å²) in [7, 11) is -3.49. The number of sulfone groups is 1. The Labute approximate surface area is 115 Å². The minimum absolute atomic E-state index is 0.101. The van der Waals surface area contributed by atoms with Crippen LogP contribution in [0.25, 0.3) is 16.5 Å². The molecular formula is C11H12N4O4S. The van der Waals surface area contributed by atoms with E-state index < -0.39 is 14.8 Å². The Hall–Kier alpha value is -2.38. The lowest BCUT2D eigenvalue weighted by molar-refractivity contribution is -0.385. The van der Waals surface area contributed by atoms with E-state index in [9.17, 15) is 18.5 Å². The highest BCUT2D eigenvalue weighted by Gasteiger charge is 2.16. The average Bonchev–Trinajstić information content (AvgIpc) is 2.37. The van der Waals surface area contributed by atoms with Gasteiger partial charge in [0.15, 0.2) is 9.84 Å². The van der Waals surface area contributed by atoms with Gasteiger partial charge in [-0.25, -0.2) is 8.42 Å². The second kappa shape index (κ2) is 6.69. The molecule has 0 bridgehead atoms. The number of benzene rings is 1. The van der Waals surface area contributed by atoms with Crippen LogP contribution in [0.15, 0.2) is 34.3 Å². The first-order valence-electron chi connectivity index (χ1n) is 5.52. The molecule has 0 spiro atoms. The second-order valence-electron chi connectivity index (χ2n) is 3.90. The van der Waals surface area contributed by atoms with Gasteiger partial charge < -0.3 is 0 Å². The van der Waals surface area contributed by atoms with Crippen LogP contribution in [0, 0.1) is 10.1 Å². The molecule has 0 saturated heterocycles. The molecule has 1 aromatic carbocycles. The van der Waals surface area contributed by atoms with E-state index in [0.29, 0.717) is 12.0 Å². The number of nitro groups is 1. The number of hydrogen-bond acceptors (Lipinski definition) is 5. The quantitative estimate of drug-likeness (QED) is 0.200. The van der Waals surface area contributed by atoms with Gasteiger partial charge in [0.2, 0.25) is 0 Å². The smallest absolute Gasteiger partial charge is 0.258 e. The summed E-state index contributed by atoms with van der Waals surface area (Å²) in [6.07, 6.45) is 4.55. The zero-order chi connectivity index (χ0) is 15.2. The Bertz CT molecular complexity index is 690. The van der Waals surface area contributed by atoms with Gasteiger partial charge in [-0.3, -0.25) is 10.1 Å². The van der Waals surface area contributed by atoms with E-state index in [1.54, 1.807) is 6.08 Å². The van der Waals surface area contributed by atoms with Crippen molar-refractivity contribution in [3.63, 3.8) is 0 Å². The third-order valence-corrected chi connectivity index (χ3v) is 3.49. The van der Waals surface area contributed by atoms with Crippen molar-refractivity contribution in [2.24, 2.45) is 5.11 Å². The number of nitro benzene ring substituents is 1. The van der Waals surface area contributed by atoms with Crippen LogP contribution in [-0.2, 0) is 9.84 Å². The predicted octanol–water partition coefficient (Wildman–Crippen LogP) is 2.71. The molecule has 0 aliphatic rings. The summed E-state index contributed by atoms with van der Waals surface area (Å²) in [5, 5.41) is 14.3. The van der Waals surface area contributed by atoms with Crippen molar-refractivity contribution in [3.05, 3.63) is 50.4 Å². The minimum Gasteiger partial charge on any atom is -0.258 e. The van der Waals surface area contributed by atoms with E-state index in [4.69, 9.17) is 5.53 Å². The van der Waals surface area contributed by atoms with Gasteiger partial charge in [0, 0.05) is 23.8 Å². The lowest BCUT2D eigenvalue weighted by Gasteiger charge is -2.01. The Balaban J connectivity index is 3.08. The summed E-state index contributed by atoms with van der Waals surface area (Å²) in [6, 6.07) is 3.72. The lowest BCUT2D eigenvalue weighted by atomic mass is 10.1. The number of hydrogen-bond donors (Lipinski definition) is 0. The lowest BCUT2D eigenvalue weighted by Crippen LogP contribution is -2.00. The van der Waals surface area contributed by atoms with Crippen molar-refractivity contribution >= 4 is 21.6 Å². The summed E-state index contributed by atoms with van der Waals surface area (Å²) in [5.41, 5.74) is 8.10. The molecule has 0 unspecified atom stereocenters. The van der Waals surface area contributed by atoms with Gasteiger partial charge in [-0.1, -0.05) is 17.3 Å². The van der Waals surface area contributed by atoms with Gasteiger partial charge in [0.25, 0.3) is 5.69 Å². The fourth-order valence-electron chi connectivity index (χ4n) is 1.44. The maximum Gasteiger partial charge on any atom is 0.277 e. The van der Waals surface area contributed by atoms with Crippen molar-refractivity contribution in [1.29, 1.82) is 0 Å². The third kappa shape index (κ3) is 4.38. The van der Waals surface area contributed by atoms with Crippen LogP contribution >= 0.6 is 0 Å². The molecule has 0 N–H and O–H groups in total. The first kappa shape index (κ1) is 15.7. The molecule has 0 heterocycles. The fourth-order valence-corrected chi connectivity index (χ4v) is 2.08. The van der Waals surface area contributed by atoms with Crippen molar-refractivity contribution in [2.75, 3.05) is 12.8 Å². The number of azide groups is 1. The van der Waals surface area contributed by atoms with Gasteiger partial charge in [0.1, 0.15) is 0 Å². The maximum absolute atomic E-state index is 11.4. The normalized spacial score (nSPS) is 11.2. The van der Waals surface area contributed by atoms with Gasteiger partial charge >= 0.3 is 0 Å². The highest BCUT2D eigenvalue weighted by atomic mass is 32.2. The topological polar surface area (TPSA) is 126 Å². The van der Waals surface area contributed by atoms with Gasteiger partial charge in [-0.15, -0.1) is 0 Å². The Morgan fingerprint density at radius 2 is 2.20 bits per heavy atom. The highest BCUT2D eigenvalue weighted by molar-refractivity contribution is 7.90. The van der Waals surface area contributed by atoms with Gasteiger partial charge in [-0.05, 0) is 24.1 Å². The number of rotatable bonds is 6. The van der Waals surface area contributed by atoms with Crippen LogP contribution in [-0.4, -0.2) is 26.1 Å². The largest absolute Gasteiger partial charge is 0.277 e. The molecule has 0 atom stereocenters. The van der Waals surface area contributed by atoms with Crippen molar-refractivity contribution in [3.8, 4) is 0 Å². The molecule has 0 aromatic heterocycles. The van der Waals surface area contributed by atoms with Crippen LogP contribution in [0.1, 0.15) is 12.0 Å². The molecule has 0 fully saturated rings. The van der Waals surface area contributed by atoms with Crippen LogP contribution < -0.4 is 0 Å². The molecule has 9 heteroatoms. The molecule has 0 radical (unpaired) electrons. The summed E-state index contributed by atoms with van der Waals surface area (Å²) in [5.74, 6) is 0. The van der Waals surface area contributed by atoms with E-state index in [-0.39, 0.29) is 17.1 Å². The molecule has 0 saturated carbocycles. The molecule has 1 rings (SSSR count). The minimum atomic E-state index is -3.49. The number of nitrogens with zero attached hydrogens (tertiary/aromatic N) is 4. The van der Waals surface area contributed by atoms with Crippen LogP contribution in [0.2, 0.25) is 0 Å². The average molecular weight is 296 g/mol. The van der Waals surface area contributed by atoms with E-state index >= 15 is 0 Å². The fraction of sp³-hybridized carbons (Fsp3) is 0.273. The monoisotopic (exact) mass is 296 g/mol. The molecule has 106 valence electrons. The Morgan fingerprint density at radius 3 is 2.75 bits per heavy atom. The zero-order valence-corrected chi connectivity index (χ0v) is 11.4. The molecule has 0 aliphatic carbocycles. The first-order chi connectivity index (χ1) is 9.36. The summed E-state index contributed by atoms with van der Waals surface area (Å²) in [4.78, 5) is 12.8. The molecule has 0 aliphatic heterocycles. The first-order valence-corrected chi connectivity index (χ1v) is 7.41. The summed E-state index contributed by atoms with van der Waals surface area (Å²) < 4.78 is 22.7. The standard InChI is InChI=1S/C11H12N4O4S/c1-20(18,19)10-6-5-9(11(8-10)15(16)17)4-2-3-7-13-14-12/h2,4-6,8H,3,7H2,1H3. The van der Waals surface area contributed by atoms with E-state index in [1.165, 1.54) is 18.2 Å². The summed E-state index contributed by atoms with van der Waals surface area (Å²) in [6.45, 7) is 0.252. The Morgan fingerprint density at radius 1 is 1.50 bits per heavy atom. The van der Waals surface area contributed by atoms with Crippen LogP contribution in [0.3, 0.4) is 0 Å². The summed E-state index contributed by atoms with van der Waals surface area (Å²) >= 11 is 0. The van der Waals surface area contributed by atoms with E-state index in [2.05, 4.69) is 10.0 Å². The molecule has 20 heavy (non-hydrogen) atoms. The van der Waals surface area contributed by atoms with Gasteiger partial charge in [0.05, 0.1) is 15.4 Å². The van der Waals surface area contributed by atoms with E-state index in [0.717, 1.165) is 12.3 Å². The highest BCUT2D eigenvalue weighted by Crippen LogP contribution is 2.24. The van der Waals surface area contributed by atoms with Gasteiger partial charge in [-0.2, -0.15) is 0 Å². The van der Waals surface area contributed by atoms with Crippen molar-refractivity contribution in [1.82, 2.24) is 0 Å². The zero-order valence-electron chi connectivity index (χ0n) is 10.6. The Kier molecular flexibility index (Phi) is 5.24. The maximum atomic E-state index is 11.4. The van der Waals surface area contributed by atoms with Crippen molar-refractivity contribution < 1.29 is 13.3 Å². The molecule has 8 nitrogen and oxygen atoms in total. The molecular weight excluding hydrogens is 284 g/mol. The van der Waals surface area contributed by atoms with Crippen LogP contribution in [0.5, 0.6) is 0 Å². The third-order valence-electron chi connectivity index (χ3n) is 2.38. The van der Waals surface area contributed by atoms with Crippen molar-refractivity contribution in [2.45, 2.75) is 11.3 Å². The van der Waals surface area contributed by atoms with E-state index in [1.807, 2.05) is 0 Å². The second-order valence-corrected chi connectivity index (χ2v) is 5.91. The molecule has 0 amide bonds. The van der Waals surface area contributed by atoms with Crippen LogP contribution in [0.4, 0.5) is 5.69 Å². The predicted molar refractivity (Wildman–Crippen MR) is 73.9 cm³/mol. The SMILES string of the molecule is CS(=O)(=O)c1ccc(C=CCCN=[N+]=[N-])c([N+](=O)[O-])c1. The molecule has 1 aromatic rings.